The van der Waals surface area contributed by atoms with E-state index in [1.807, 2.05) is 0 Å². The summed E-state index contributed by atoms with van der Waals surface area (Å²) >= 11 is 5.56. The van der Waals surface area contributed by atoms with E-state index in [-0.39, 0.29) is 16.6 Å². The van der Waals surface area contributed by atoms with E-state index in [2.05, 4.69) is 15.3 Å². The number of anilines is 2. The van der Waals surface area contributed by atoms with Gasteiger partial charge in [0.2, 0.25) is 5.28 Å². The molecule has 18 heavy (non-hydrogen) atoms. The second-order valence-corrected chi connectivity index (χ2v) is 3.76. The van der Waals surface area contributed by atoms with Crippen molar-refractivity contribution in [1.29, 1.82) is 0 Å². The Kier molecular flexibility index (Phi) is 3.76. The molecule has 0 atom stereocenters. The third kappa shape index (κ3) is 2.76. The van der Waals surface area contributed by atoms with E-state index < -0.39 is 12.9 Å². The largest absolute Gasteiger partial charge is 0.490 e. The van der Waals surface area contributed by atoms with Gasteiger partial charge in [-0.05, 0) is 17.7 Å². The third-order valence-corrected chi connectivity index (χ3v) is 2.39. The number of aromatic nitrogens is 2. The molecule has 0 fully saturated rings. The fourth-order valence-electron chi connectivity index (χ4n) is 1.40. The van der Waals surface area contributed by atoms with Crippen molar-refractivity contribution in [1.82, 2.24) is 9.97 Å². The van der Waals surface area contributed by atoms with E-state index in [0.717, 1.165) is 6.20 Å². The van der Waals surface area contributed by atoms with Gasteiger partial charge >= 0.3 is 7.12 Å². The third-order valence-electron chi connectivity index (χ3n) is 2.21. The number of halogens is 2. The fraction of sp³-hybridized carbons (Fsp3) is 0. The van der Waals surface area contributed by atoms with Crippen molar-refractivity contribution in [2.45, 2.75) is 0 Å². The number of rotatable bonds is 3. The molecule has 0 amide bonds. The van der Waals surface area contributed by atoms with Gasteiger partial charge in [-0.3, -0.25) is 0 Å². The van der Waals surface area contributed by atoms with Gasteiger partial charge in [0.15, 0.2) is 11.6 Å². The van der Waals surface area contributed by atoms with Crippen molar-refractivity contribution >= 4 is 35.7 Å². The molecule has 0 spiro atoms. The summed E-state index contributed by atoms with van der Waals surface area (Å²) in [6, 6.07) is 6.34. The zero-order valence-corrected chi connectivity index (χ0v) is 9.76. The molecular formula is C10H8BClFN3O2. The molecule has 0 aliphatic heterocycles. The predicted molar refractivity (Wildman–Crippen MR) is 66.6 cm³/mol. The van der Waals surface area contributed by atoms with E-state index in [1.165, 1.54) is 6.07 Å². The summed E-state index contributed by atoms with van der Waals surface area (Å²) in [7, 11) is -1.67. The van der Waals surface area contributed by atoms with Crippen LogP contribution in [0.3, 0.4) is 0 Å². The lowest BCUT2D eigenvalue weighted by atomic mass is 9.79. The first kappa shape index (κ1) is 12.8. The number of hydrogen-bond donors (Lipinski definition) is 3. The minimum absolute atomic E-state index is 0.110. The molecule has 1 heterocycles. The lowest BCUT2D eigenvalue weighted by molar-refractivity contribution is 0.426. The summed E-state index contributed by atoms with van der Waals surface area (Å²) in [5, 5.41) is 20.9. The van der Waals surface area contributed by atoms with Crippen LogP contribution in [0.2, 0.25) is 5.28 Å². The molecule has 1 aromatic heterocycles. The van der Waals surface area contributed by atoms with E-state index in [9.17, 15) is 4.39 Å². The highest BCUT2D eigenvalue weighted by molar-refractivity contribution is 6.60. The Hall–Kier alpha value is -1.70. The van der Waals surface area contributed by atoms with Gasteiger partial charge in [0.25, 0.3) is 0 Å². The first-order valence-corrected chi connectivity index (χ1v) is 5.36. The minimum Gasteiger partial charge on any atom is -0.423 e. The highest BCUT2D eigenvalue weighted by Gasteiger charge is 2.16. The Morgan fingerprint density at radius 3 is 2.72 bits per heavy atom. The standard InChI is InChI=1S/C10H8BClFN3O2/c12-10-14-5-7(13)9(16-10)15-8-4-2-1-3-6(8)11(17)18/h1-5,17-18H,(H,14,15,16). The van der Waals surface area contributed by atoms with Crippen molar-refractivity contribution in [3.63, 3.8) is 0 Å². The summed E-state index contributed by atoms with van der Waals surface area (Å²) in [5.41, 5.74) is 0.521. The molecule has 0 bridgehead atoms. The Labute approximate surface area is 107 Å². The first-order valence-electron chi connectivity index (χ1n) is 4.98. The van der Waals surface area contributed by atoms with Gasteiger partial charge in [0.05, 0.1) is 6.20 Å². The topological polar surface area (TPSA) is 78.3 Å². The van der Waals surface area contributed by atoms with Crippen LogP contribution < -0.4 is 10.8 Å². The van der Waals surface area contributed by atoms with Crippen molar-refractivity contribution < 1.29 is 14.4 Å². The van der Waals surface area contributed by atoms with Gasteiger partial charge in [-0.1, -0.05) is 18.2 Å². The van der Waals surface area contributed by atoms with Crippen LogP contribution in [-0.2, 0) is 0 Å². The Morgan fingerprint density at radius 2 is 2.00 bits per heavy atom. The molecule has 0 saturated heterocycles. The molecule has 0 saturated carbocycles. The summed E-state index contributed by atoms with van der Waals surface area (Å²) < 4.78 is 13.4. The van der Waals surface area contributed by atoms with E-state index in [0.29, 0.717) is 5.69 Å². The molecule has 0 radical (unpaired) electrons. The Balaban J connectivity index is 2.37. The predicted octanol–water partition coefficient (Wildman–Crippen LogP) is 0.692. The zero-order valence-electron chi connectivity index (χ0n) is 9.01. The van der Waals surface area contributed by atoms with Gasteiger partial charge in [-0.25, -0.2) is 9.37 Å². The van der Waals surface area contributed by atoms with E-state index in [1.54, 1.807) is 18.2 Å². The van der Waals surface area contributed by atoms with Crippen molar-refractivity contribution in [3.05, 3.63) is 41.6 Å². The molecule has 3 N–H and O–H groups in total. The quantitative estimate of drug-likeness (QED) is 0.563. The van der Waals surface area contributed by atoms with Crippen LogP contribution >= 0.6 is 11.6 Å². The normalized spacial score (nSPS) is 10.2. The van der Waals surface area contributed by atoms with Crippen LogP contribution in [0.15, 0.2) is 30.5 Å². The van der Waals surface area contributed by atoms with Crippen LogP contribution in [0, 0.1) is 5.82 Å². The van der Waals surface area contributed by atoms with Gasteiger partial charge in [-0.15, -0.1) is 0 Å². The molecule has 1 aromatic carbocycles. The Morgan fingerprint density at radius 1 is 1.28 bits per heavy atom. The smallest absolute Gasteiger partial charge is 0.423 e. The Bertz CT molecular complexity index is 571. The maximum atomic E-state index is 13.4. The zero-order chi connectivity index (χ0) is 13.1. The lowest BCUT2D eigenvalue weighted by Gasteiger charge is -2.11. The molecule has 0 aliphatic rings. The number of benzene rings is 1. The summed E-state index contributed by atoms with van der Waals surface area (Å²) in [6.45, 7) is 0. The average molecular weight is 267 g/mol. The van der Waals surface area contributed by atoms with Crippen molar-refractivity contribution in [3.8, 4) is 0 Å². The first-order chi connectivity index (χ1) is 8.58. The number of nitrogens with zero attached hydrogens (tertiary/aromatic N) is 2. The molecule has 2 rings (SSSR count). The molecule has 92 valence electrons. The highest BCUT2D eigenvalue weighted by Crippen LogP contribution is 2.17. The van der Waals surface area contributed by atoms with Gasteiger partial charge in [0, 0.05) is 11.2 Å². The van der Waals surface area contributed by atoms with Crippen LogP contribution in [0.4, 0.5) is 15.9 Å². The SMILES string of the molecule is OB(O)c1ccccc1Nc1nc(Cl)ncc1F. The molecule has 2 aromatic rings. The van der Waals surface area contributed by atoms with Crippen molar-refractivity contribution in [2.24, 2.45) is 0 Å². The molecule has 0 unspecified atom stereocenters. The summed E-state index contributed by atoms with van der Waals surface area (Å²) in [5.74, 6) is -0.829. The van der Waals surface area contributed by atoms with E-state index >= 15 is 0 Å². The average Bonchev–Trinajstić information content (AvgIpc) is 2.34. The van der Waals surface area contributed by atoms with Gasteiger partial charge in [-0.2, -0.15) is 4.98 Å². The van der Waals surface area contributed by atoms with Crippen LogP contribution in [0.1, 0.15) is 0 Å². The lowest BCUT2D eigenvalue weighted by Crippen LogP contribution is -2.31. The van der Waals surface area contributed by atoms with E-state index in [4.69, 9.17) is 21.6 Å². The summed E-state index contributed by atoms with van der Waals surface area (Å²) in [6.07, 6.45) is 0.926. The monoisotopic (exact) mass is 267 g/mol. The maximum Gasteiger partial charge on any atom is 0.490 e. The van der Waals surface area contributed by atoms with Crippen LogP contribution in [-0.4, -0.2) is 27.1 Å². The second-order valence-electron chi connectivity index (χ2n) is 3.42. The minimum atomic E-state index is -1.67. The molecule has 5 nitrogen and oxygen atoms in total. The molecular weight excluding hydrogens is 259 g/mol. The van der Waals surface area contributed by atoms with Crippen LogP contribution in [0.5, 0.6) is 0 Å². The second kappa shape index (κ2) is 5.30. The van der Waals surface area contributed by atoms with Crippen LogP contribution in [0.25, 0.3) is 0 Å². The van der Waals surface area contributed by atoms with Gasteiger partial charge < -0.3 is 15.4 Å². The number of nitrogens with one attached hydrogen (secondary N) is 1. The fourth-order valence-corrected chi connectivity index (χ4v) is 1.53. The maximum absolute atomic E-state index is 13.4. The number of hydrogen-bond acceptors (Lipinski definition) is 5. The summed E-state index contributed by atoms with van der Waals surface area (Å²) in [4.78, 5) is 7.15. The number of para-hydroxylation sites is 1. The van der Waals surface area contributed by atoms with Crippen molar-refractivity contribution in [2.75, 3.05) is 5.32 Å². The molecule has 0 aliphatic carbocycles. The highest BCUT2D eigenvalue weighted by atomic mass is 35.5. The molecule has 8 heteroatoms. The van der Waals surface area contributed by atoms with Gasteiger partial charge in [0.1, 0.15) is 0 Å².